The number of alkyl carbamates (subject to hydrolysis) is 1. The number of aromatic nitrogens is 1. The molecular weight excluding hydrogens is 524 g/mol. The van der Waals surface area contributed by atoms with E-state index in [-0.39, 0.29) is 13.2 Å². The van der Waals surface area contributed by atoms with E-state index >= 15 is 0 Å². The van der Waals surface area contributed by atoms with Crippen molar-refractivity contribution in [1.82, 2.24) is 9.88 Å². The molecule has 0 saturated carbocycles. The van der Waals surface area contributed by atoms with Gasteiger partial charge in [0.05, 0.1) is 19.3 Å². The molecule has 6 rings (SSSR count). The number of rotatable bonds is 4. The predicted molar refractivity (Wildman–Crippen MR) is 160 cm³/mol. The Balaban J connectivity index is 0.000000403. The van der Waals surface area contributed by atoms with Crippen LogP contribution in [0.2, 0.25) is 0 Å². The number of aliphatic imine (C=N–C) groups is 1. The highest BCUT2D eigenvalue weighted by Crippen LogP contribution is 2.31. The quantitative estimate of drug-likeness (QED) is 0.151. The molecular formula is C31H28N4O4S. The Labute approximate surface area is 236 Å². The van der Waals surface area contributed by atoms with Crippen LogP contribution >= 0.6 is 12.6 Å². The number of methoxy groups -OCH3 is 1. The Morgan fingerprint density at radius 3 is 2.50 bits per heavy atom. The van der Waals surface area contributed by atoms with Gasteiger partial charge in [-0.3, -0.25) is 0 Å². The number of carbonyl (C=O) groups excluding carboxylic acids is 2. The molecule has 202 valence electrons. The number of benzene rings is 4. The molecule has 0 unspecified atom stereocenters. The van der Waals surface area contributed by atoms with E-state index in [0.717, 1.165) is 43.4 Å². The Morgan fingerprint density at radius 2 is 1.75 bits per heavy atom. The van der Waals surface area contributed by atoms with Crippen molar-refractivity contribution in [3.8, 4) is 0 Å². The third-order valence-corrected chi connectivity index (χ3v) is 6.76. The fourth-order valence-electron chi connectivity index (χ4n) is 4.57. The van der Waals surface area contributed by atoms with E-state index in [1.165, 1.54) is 7.11 Å². The second-order valence-corrected chi connectivity index (χ2v) is 9.62. The molecule has 2 heterocycles. The van der Waals surface area contributed by atoms with Crippen molar-refractivity contribution in [3.05, 3.63) is 108 Å². The monoisotopic (exact) mass is 552 g/mol. The maximum atomic E-state index is 13.0. The number of hydrogen-bond donors (Lipinski definition) is 3. The largest absolute Gasteiger partial charge is 0.459 e. The summed E-state index contributed by atoms with van der Waals surface area (Å²) in [6.45, 7) is 0.642. The van der Waals surface area contributed by atoms with Gasteiger partial charge in [-0.1, -0.05) is 54.6 Å². The van der Waals surface area contributed by atoms with Crippen LogP contribution in [0.15, 0.2) is 101 Å². The number of nitrogens with two attached hydrogens (primary N) is 1. The third kappa shape index (κ3) is 5.94. The van der Waals surface area contributed by atoms with Gasteiger partial charge in [-0.15, -0.1) is 12.6 Å². The highest BCUT2D eigenvalue weighted by Gasteiger charge is 2.20. The van der Waals surface area contributed by atoms with Crippen molar-refractivity contribution in [2.24, 2.45) is 10.7 Å². The van der Waals surface area contributed by atoms with E-state index in [4.69, 9.17) is 10.5 Å². The molecule has 3 N–H and O–H groups in total. The minimum absolute atomic E-state index is 0.0265. The first kappa shape index (κ1) is 26.8. The molecule has 0 saturated heterocycles. The van der Waals surface area contributed by atoms with Crippen LogP contribution in [-0.2, 0) is 16.0 Å². The summed E-state index contributed by atoms with van der Waals surface area (Å²) in [4.78, 5) is 29.9. The van der Waals surface area contributed by atoms with E-state index < -0.39 is 12.1 Å². The molecule has 1 aromatic heterocycles. The van der Waals surface area contributed by atoms with Crippen LogP contribution in [0, 0.1) is 0 Å². The van der Waals surface area contributed by atoms with E-state index in [2.05, 4.69) is 33.7 Å². The lowest BCUT2D eigenvalue weighted by atomic mass is 10.0. The van der Waals surface area contributed by atoms with Crippen LogP contribution < -0.4 is 11.1 Å². The maximum absolute atomic E-state index is 13.0. The van der Waals surface area contributed by atoms with Crippen LogP contribution in [0.5, 0.6) is 0 Å². The summed E-state index contributed by atoms with van der Waals surface area (Å²) in [6, 6.07) is 29.4. The predicted octanol–water partition coefficient (Wildman–Crippen LogP) is 5.68. The molecule has 8 nitrogen and oxygen atoms in total. The van der Waals surface area contributed by atoms with Gasteiger partial charge in [0, 0.05) is 27.9 Å². The van der Waals surface area contributed by atoms with Gasteiger partial charge in [-0.25, -0.2) is 14.6 Å². The number of fused-ring (bicyclic) bond motifs is 5. The van der Waals surface area contributed by atoms with E-state index in [0.29, 0.717) is 18.1 Å². The summed E-state index contributed by atoms with van der Waals surface area (Å²) < 4.78 is 11.9. The molecule has 5 aromatic rings. The summed E-state index contributed by atoms with van der Waals surface area (Å²) in [6.07, 6.45) is -0.576. The van der Waals surface area contributed by atoms with Crippen LogP contribution in [0.3, 0.4) is 0 Å². The number of ether oxygens (including phenoxy) is 2. The summed E-state index contributed by atoms with van der Waals surface area (Å²) in [5.74, 6) is -0.0654. The lowest BCUT2D eigenvalue weighted by molar-refractivity contribution is 0.0495. The molecule has 0 spiro atoms. The van der Waals surface area contributed by atoms with Crippen molar-refractivity contribution in [2.75, 3.05) is 20.3 Å². The van der Waals surface area contributed by atoms with Gasteiger partial charge in [0.2, 0.25) is 0 Å². The Morgan fingerprint density at radius 1 is 0.975 bits per heavy atom. The normalized spacial score (nSPS) is 11.8. The van der Waals surface area contributed by atoms with Crippen LogP contribution in [-0.4, -0.2) is 42.7 Å². The van der Waals surface area contributed by atoms with Crippen molar-refractivity contribution in [3.63, 3.8) is 0 Å². The lowest BCUT2D eigenvalue weighted by Gasteiger charge is -2.15. The number of amidine groups is 1. The van der Waals surface area contributed by atoms with Crippen molar-refractivity contribution in [1.29, 1.82) is 0 Å². The van der Waals surface area contributed by atoms with Crippen LogP contribution in [0.4, 0.5) is 10.5 Å². The van der Waals surface area contributed by atoms with Gasteiger partial charge in [0.25, 0.3) is 0 Å². The standard InChI is InChI=1S/C25H22N4O4.C6H6S/c1-32-25(31)27-8-9-33-24(30)22-12-16-6-7-17-13-21(16)29(22)14-18-11-19(28-23(17)26)10-15-4-2-3-5-20(15)18;7-6-4-2-1-3-5-6/h2-7,10-13H,8-9,14H2,1H3,(H2,26,28)(H,27,31);1-5,7H. The highest BCUT2D eigenvalue weighted by atomic mass is 32.1. The zero-order valence-corrected chi connectivity index (χ0v) is 22.7. The van der Waals surface area contributed by atoms with Gasteiger partial charge in [-0.2, -0.15) is 0 Å². The first-order valence-electron chi connectivity index (χ1n) is 12.7. The number of amides is 1. The third-order valence-electron chi connectivity index (χ3n) is 6.47. The number of carbonyl (C=O) groups is 2. The Hall–Kier alpha value is -4.76. The average molecular weight is 553 g/mol. The van der Waals surface area contributed by atoms with Gasteiger partial charge >= 0.3 is 12.1 Å². The fourth-order valence-corrected chi connectivity index (χ4v) is 4.74. The molecule has 40 heavy (non-hydrogen) atoms. The first-order chi connectivity index (χ1) is 19.4. The molecule has 0 aliphatic carbocycles. The van der Waals surface area contributed by atoms with E-state index in [1.54, 1.807) is 0 Å². The zero-order valence-electron chi connectivity index (χ0n) is 21.8. The second kappa shape index (κ2) is 12.0. The van der Waals surface area contributed by atoms with E-state index in [1.807, 2.05) is 89.5 Å². The number of nitrogens with one attached hydrogen (secondary N) is 1. The van der Waals surface area contributed by atoms with Crippen molar-refractivity contribution in [2.45, 2.75) is 11.4 Å². The molecule has 1 aliphatic heterocycles. The minimum atomic E-state index is -0.576. The molecule has 4 bridgehead atoms. The molecule has 9 heteroatoms. The summed E-state index contributed by atoms with van der Waals surface area (Å²) in [5.41, 5.74) is 10.2. The fraction of sp³-hybridized carbons (Fsp3) is 0.129. The smallest absolute Gasteiger partial charge is 0.406 e. The van der Waals surface area contributed by atoms with Gasteiger partial charge in [0.1, 0.15) is 18.1 Å². The van der Waals surface area contributed by atoms with Gasteiger partial charge in [-0.05, 0) is 52.7 Å². The van der Waals surface area contributed by atoms with Crippen molar-refractivity contribution < 1.29 is 19.1 Å². The molecule has 1 aliphatic rings. The molecule has 1 amide bonds. The van der Waals surface area contributed by atoms with Gasteiger partial charge in [0.15, 0.2) is 0 Å². The number of thiol groups is 1. The SMILES string of the molecule is COC(=O)NCCOC(=O)c1cc2ccc3cc2n1Cc1cc(cc2ccccc12)N=C3N.Sc1ccccc1. The summed E-state index contributed by atoms with van der Waals surface area (Å²) in [5, 5.41) is 5.52. The zero-order chi connectivity index (χ0) is 28.1. The Kier molecular flexibility index (Phi) is 8.02. The molecule has 0 atom stereocenters. The number of esters is 1. The average Bonchev–Trinajstić information content (AvgIpc) is 3.33. The van der Waals surface area contributed by atoms with Gasteiger partial charge < -0.3 is 25.1 Å². The maximum Gasteiger partial charge on any atom is 0.406 e. The molecule has 4 aromatic carbocycles. The lowest BCUT2D eigenvalue weighted by Crippen LogP contribution is -2.28. The van der Waals surface area contributed by atoms with Crippen LogP contribution in [0.25, 0.3) is 21.7 Å². The van der Waals surface area contributed by atoms with Crippen LogP contribution in [0.1, 0.15) is 21.6 Å². The highest BCUT2D eigenvalue weighted by molar-refractivity contribution is 7.80. The minimum Gasteiger partial charge on any atom is -0.459 e. The summed E-state index contributed by atoms with van der Waals surface area (Å²) in [7, 11) is 1.28. The second-order valence-electron chi connectivity index (χ2n) is 9.10. The first-order valence-corrected chi connectivity index (χ1v) is 13.1. The van der Waals surface area contributed by atoms with Crippen molar-refractivity contribution >= 4 is 57.9 Å². The molecule has 0 radical (unpaired) electrons. The van der Waals surface area contributed by atoms with E-state index in [9.17, 15) is 9.59 Å². The number of nitrogens with zero attached hydrogens (tertiary/aromatic N) is 2. The molecule has 0 fully saturated rings. The Bertz CT molecular complexity index is 1730. The summed E-state index contributed by atoms with van der Waals surface area (Å²) >= 11 is 4.08. The number of hydrogen-bond acceptors (Lipinski definition) is 7. The topological polar surface area (TPSA) is 108 Å².